The molecule has 9 rings (SSSR count). The Hall–Kier alpha value is -4.67. The zero-order valence-corrected chi connectivity index (χ0v) is 39.3. The van der Waals surface area contributed by atoms with Crippen molar-refractivity contribution in [1.82, 2.24) is 9.78 Å². The molecule has 0 saturated heterocycles. The number of aryl methyl sites for hydroxylation is 1. The van der Waals surface area contributed by atoms with Crippen molar-refractivity contribution in [2.24, 2.45) is 7.05 Å². The minimum absolute atomic E-state index is 0. The Balaban J connectivity index is 0.00000484. The first kappa shape index (κ1) is 41.1. The van der Waals surface area contributed by atoms with E-state index in [1.807, 2.05) is 25.2 Å². The van der Waals surface area contributed by atoms with Crippen molar-refractivity contribution < 1.29 is 30.4 Å². The third-order valence-corrected chi connectivity index (χ3v) is 12.3. The molecule has 1 aliphatic carbocycles. The Morgan fingerprint density at radius 1 is 0.678 bits per heavy atom. The number of ether oxygens (including phenoxy) is 1. The summed E-state index contributed by atoms with van der Waals surface area (Å²) in [5.41, 5.74) is 16.5. The molecule has 5 aromatic carbocycles. The van der Waals surface area contributed by atoms with E-state index in [0.717, 1.165) is 11.4 Å². The first-order valence-electron chi connectivity index (χ1n) is 20.6. The molecule has 0 radical (unpaired) electrons. The van der Waals surface area contributed by atoms with Gasteiger partial charge in [-0.2, -0.15) is 30.9 Å². The minimum Gasteiger partial charge on any atom is -0.510 e. The van der Waals surface area contributed by atoms with Gasteiger partial charge in [-0.05, 0) is 84.8 Å². The third kappa shape index (κ3) is 6.30. The van der Waals surface area contributed by atoms with Gasteiger partial charge in [0.25, 0.3) is 0 Å². The number of benzene rings is 5. The number of aromatic nitrogens is 3. The molecular formula is C52H56N5OPt+. The minimum atomic E-state index is -0.647. The van der Waals surface area contributed by atoms with Gasteiger partial charge in [0.1, 0.15) is 0 Å². The van der Waals surface area contributed by atoms with Crippen LogP contribution in [0.2, 0.25) is 0 Å². The predicted molar refractivity (Wildman–Crippen MR) is 235 cm³/mol. The van der Waals surface area contributed by atoms with E-state index in [-0.39, 0.29) is 42.7 Å². The molecule has 0 N–H and O–H groups in total. The third-order valence-electron chi connectivity index (χ3n) is 12.3. The van der Waals surface area contributed by atoms with E-state index < -0.39 is 5.41 Å². The Morgan fingerprint density at radius 3 is 1.80 bits per heavy atom. The van der Waals surface area contributed by atoms with Crippen LogP contribution >= 0.6 is 0 Å². The summed E-state index contributed by atoms with van der Waals surface area (Å²) in [6.07, 6.45) is 4.88. The van der Waals surface area contributed by atoms with Crippen LogP contribution in [0.4, 0.5) is 17.1 Å². The van der Waals surface area contributed by atoms with Gasteiger partial charge in [-0.3, -0.25) is 0 Å². The van der Waals surface area contributed by atoms with Crippen LogP contribution in [0.5, 0.6) is 11.5 Å². The number of nitrogens with zero attached hydrogens (tertiary/aromatic N) is 5. The number of para-hydroxylation sites is 1. The van der Waals surface area contributed by atoms with Crippen LogP contribution in [0.1, 0.15) is 128 Å². The van der Waals surface area contributed by atoms with Crippen LogP contribution in [0.3, 0.4) is 0 Å². The van der Waals surface area contributed by atoms with Crippen molar-refractivity contribution in [3.05, 3.63) is 149 Å². The number of hydrogen-bond acceptors (Lipinski definition) is 4. The zero-order chi connectivity index (χ0) is 41.5. The average Bonchev–Trinajstić information content (AvgIpc) is 3.81. The predicted octanol–water partition coefficient (Wildman–Crippen LogP) is 11.5. The van der Waals surface area contributed by atoms with E-state index in [0.29, 0.717) is 11.5 Å². The van der Waals surface area contributed by atoms with Crippen molar-refractivity contribution >= 4 is 17.1 Å². The summed E-state index contributed by atoms with van der Waals surface area (Å²) in [5.74, 6) is 1.21. The van der Waals surface area contributed by atoms with Crippen LogP contribution in [0.25, 0.3) is 16.8 Å². The molecule has 0 bridgehead atoms. The molecular weight excluding hydrogens is 906 g/mol. The number of fused-ring (bicyclic) bond motifs is 9. The van der Waals surface area contributed by atoms with E-state index in [9.17, 15) is 0 Å². The van der Waals surface area contributed by atoms with Crippen molar-refractivity contribution in [2.75, 3.05) is 16.8 Å². The molecule has 0 fully saturated rings. The first-order valence-corrected chi connectivity index (χ1v) is 20.6. The Morgan fingerprint density at radius 2 is 1.25 bits per heavy atom. The fraction of sp³-hybridized carbons (Fsp3) is 0.365. The second-order valence-electron chi connectivity index (χ2n) is 20.8. The van der Waals surface area contributed by atoms with Gasteiger partial charge < -0.3 is 19.1 Å². The fourth-order valence-corrected chi connectivity index (χ4v) is 9.41. The molecule has 59 heavy (non-hydrogen) atoms. The molecule has 0 atom stereocenters. The van der Waals surface area contributed by atoms with Gasteiger partial charge in [0, 0.05) is 35.3 Å². The first-order chi connectivity index (χ1) is 27.1. The van der Waals surface area contributed by atoms with E-state index in [4.69, 9.17) is 4.74 Å². The summed E-state index contributed by atoms with van der Waals surface area (Å²) in [6.45, 7) is 30.6. The van der Waals surface area contributed by atoms with Crippen LogP contribution in [-0.4, -0.2) is 16.8 Å². The second-order valence-corrected chi connectivity index (χ2v) is 20.8. The number of anilines is 3. The SMILES string of the molecule is CN1[CH-]N2c3[c-]c(Oc4[c-]c(-n5[c-][n+](C)cn5)ccc4)ccc3C3(c4cccc1c42)c1c(cc(C(C)(C)C)cc1C(C)(C)C)-c1cc(C(C)(C)C)cc(C(C)(C)C)c13.[Pt+4]. The maximum Gasteiger partial charge on any atom is 4.00 e. The van der Waals surface area contributed by atoms with Gasteiger partial charge >= 0.3 is 21.1 Å². The van der Waals surface area contributed by atoms with Crippen molar-refractivity contribution in [3.63, 3.8) is 0 Å². The zero-order valence-electron chi connectivity index (χ0n) is 37.0. The molecule has 7 heteroatoms. The molecule has 6 nitrogen and oxygen atoms in total. The summed E-state index contributed by atoms with van der Waals surface area (Å²) in [7, 11) is 4.05. The summed E-state index contributed by atoms with van der Waals surface area (Å²) >= 11 is 0. The largest absolute Gasteiger partial charge is 4.00 e. The molecule has 3 heterocycles. The molecule has 2 aliphatic heterocycles. The van der Waals surface area contributed by atoms with Crippen LogP contribution in [0, 0.1) is 25.1 Å². The smallest absolute Gasteiger partial charge is 0.510 e. The number of hydrogen-bond donors (Lipinski definition) is 0. The maximum absolute atomic E-state index is 6.66. The molecule has 0 unspecified atom stereocenters. The Kier molecular flexibility index (Phi) is 9.34. The summed E-state index contributed by atoms with van der Waals surface area (Å²) in [6, 6.07) is 34.6. The standard InChI is InChI=1S/C52H56N5O.Pt/c1-48(2,3)32-23-37-38-24-33(49(4,5)6)26-42(51(10,11)12)46(38)52(45(37)41(25-32)50(7,8)9)39-22-21-36(58-35-18-15-17-34(27-35)57-30-54(13)29-53-57)28-44(39)56-31-55(14)43-20-16-19-40(52)47(43)56;/h15-26,29,31H,1-14H3;/q-3;+4. The van der Waals surface area contributed by atoms with Gasteiger partial charge in [-0.25, -0.2) is 4.68 Å². The fourth-order valence-electron chi connectivity index (χ4n) is 9.41. The van der Waals surface area contributed by atoms with Crippen LogP contribution in [0.15, 0.2) is 79.1 Å². The van der Waals surface area contributed by atoms with Crippen molar-refractivity contribution in [2.45, 2.75) is 110 Å². The molecule has 3 aliphatic rings. The van der Waals surface area contributed by atoms with Gasteiger partial charge in [0.05, 0.1) is 0 Å². The monoisotopic (exact) mass is 961 g/mol. The molecule has 304 valence electrons. The van der Waals surface area contributed by atoms with Gasteiger partial charge in [0.2, 0.25) is 0 Å². The maximum atomic E-state index is 6.66. The van der Waals surface area contributed by atoms with Crippen LogP contribution < -0.4 is 19.1 Å². The quantitative estimate of drug-likeness (QED) is 0.131. The van der Waals surface area contributed by atoms with E-state index >= 15 is 0 Å². The normalized spacial score (nSPS) is 15.2. The van der Waals surface area contributed by atoms with E-state index in [1.54, 1.807) is 15.6 Å². The molecule has 6 aromatic rings. The van der Waals surface area contributed by atoms with Crippen LogP contribution in [-0.2, 0) is 55.2 Å². The summed E-state index contributed by atoms with van der Waals surface area (Å²) < 4.78 is 10.1. The van der Waals surface area contributed by atoms with Crippen molar-refractivity contribution in [3.8, 4) is 28.3 Å². The summed E-state index contributed by atoms with van der Waals surface area (Å²) in [4.78, 5) is 4.59. The second kappa shape index (κ2) is 13.4. The topological polar surface area (TPSA) is 37.4 Å². The Labute approximate surface area is 366 Å². The van der Waals surface area contributed by atoms with E-state index in [1.165, 1.54) is 67.0 Å². The average molecular weight is 962 g/mol. The van der Waals surface area contributed by atoms with E-state index in [2.05, 4.69) is 185 Å². The molecule has 1 spiro atoms. The molecule has 1 aromatic heterocycles. The summed E-state index contributed by atoms with van der Waals surface area (Å²) in [5, 5.41) is 4.42. The van der Waals surface area contributed by atoms with Gasteiger partial charge in [0.15, 0.2) is 12.7 Å². The van der Waals surface area contributed by atoms with Gasteiger partial charge in [-0.15, -0.1) is 23.8 Å². The Bertz CT molecular complexity index is 2580. The molecule has 0 saturated carbocycles. The van der Waals surface area contributed by atoms with Crippen molar-refractivity contribution in [1.29, 1.82) is 0 Å². The number of rotatable bonds is 3. The molecule has 0 amide bonds. The van der Waals surface area contributed by atoms with Gasteiger partial charge in [-0.1, -0.05) is 136 Å².